The first kappa shape index (κ1) is 16.0. The Labute approximate surface area is 125 Å². The van der Waals surface area contributed by atoms with Gasteiger partial charge >= 0.3 is 0 Å². The molecular formula is C15H20N2O3S. The van der Waals surface area contributed by atoms with Gasteiger partial charge in [0.25, 0.3) is 0 Å². The predicted molar refractivity (Wildman–Crippen MR) is 81.1 cm³/mol. The maximum Gasteiger partial charge on any atom is 0.243 e. The maximum absolute atomic E-state index is 12.6. The van der Waals surface area contributed by atoms with Gasteiger partial charge in [0.2, 0.25) is 10.0 Å². The van der Waals surface area contributed by atoms with Crippen LogP contribution < -0.4 is 5.73 Å². The van der Waals surface area contributed by atoms with Crippen molar-refractivity contribution in [1.82, 2.24) is 4.31 Å². The number of sulfonamides is 1. The van der Waals surface area contributed by atoms with E-state index in [4.69, 9.17) is 5.73 Å². The molecule has 1 unspecified atom stereocenters. The van der Waals surface area contributed by atoms with E-state index in [0.29, 0.717) is 13.0 Å². The monoisotopic (exact) mass is 308 g/mol. The van der Waals surface area contributed by atoms with Crippen LogP contribution in [0.15, 0.2) is 23.1 Å². The Balaban J connectivity index is 2.35. The molecule has 5 nitrogen and oxygen atoms in total. The van der Waals surface area contributed by atoms with E-state index in [-0.39, 0.29) is 24.1 Å². The number of nitrogens with two attached hydrogens (primary N) is 1. The molecule has 1 aromatic rings. The number of hydrogen-bond acceptors (Lipinski definition) is 4. The highest BCUT2D eigenvalue weighted by molar-refractivity contribution is 7.89. The summed E-state index contributed by atoms with van der Waals surface area (Å²) in [7, 11) is -3.56. The third-order valence-corrected chi connectivity index (χ3v) is 5.61. The molecule has 21 heavy (non-hydrogen) atoms. The summed E-state index contributed by atoms with van der Waals surface area (Å²) in [5.74, 6) is 5.68. The molecule has 1 atom stereocenters. The molecule has 1 fully saturated rings. The van der Waals surface area contributed by atoms with Crippen LogP contribution in [0.25, 0.3) is 0 Å². The number of nitrogens with zero attached hydrogens (tertiary/aromatic N) is 1. The third kappa shape index (κ3) is 3.27. The van der Waals surface area contributed by atoms with E-state index in [0.717, 1.165) is 17.5 Å². The highest BCUT2D eigenvalue weighted by Gasteiger charge is 2.34. The van der Waals surface area contributed by atoms with Crippen LogP contribution in [-0.4, -0.2) is 43.6 Å². The first-order valence-corrected chi connectivity index (χ1v) is 8.37. The molecule has 0 amide bonds. The lowest BCUT2D eigenvalue weighted by Crippen LogP contribution is -2.37. The van der Waals surface area contributed by atoms with Gasteiger partial charge < -0.3 is 10.8 Å². The molecule has 6 heteroatoms. The third-order valence-electron chi connectivity index (χ3n) is 3.66. The minimum atomic E-state index is -3.56. The van der Waals surface area contributed by atoms with Crippen LogP contribution in [0.1, 0.15) is 24.0 Å². The lowest BCUT2D eigenvalue weighted by Gasteiger charge is -2.22. The first-order valence-electron chi connectivity index (χ1n) is 6.93. The van der Waals surface area contributed by atoms with Gasteiger partial charge in [-0.25, -0.2) is 8.42 Å². The Kier molecular flexibility index (Phi) is 5.01. The number of aryl methyl sites for hydroxylation is 1. The zero-order valence-corrected chi connectivity index (χ0v) is 12.9. The zero-order valence-electron chi connectivity index (χ0n) is 12.0. The van der Waals surface area contributed by atoms with Gasteiger partial charge in [-0.2, -0.15) is 4.31 Å². The Bertz CT molecular complexity index is 674. The van der Waals surface area contributed by atoms with Gasteiger partial charge in [0.1, 0.15) is 0 Å². The number of hydrogen-bond donors (Lipinski definition) is 2. The molecule has 1 saturated heterocycles. The van der Waals surface area contributed by atoms with Crippen LogP contribution in [0.3, 0.4) is 0 Å². The summed E-state index contributed by atoms with van der Waals surface area (Å²) in [6.45, 7) is 2.41. The van der Waals surface area contributed by atoms with E-state index < -0.39 is 10.0 Å². The molecule has 1 aromatic carbocycles. The van der Waals surface area contributed by atoms with Crippen molar-refractivity contribution in [2.75, 3.05) is 19.7 Å². The minimum Gasteiger partial charge on any atom is -0.395 e. The van der Waals surface area contributed by atoms with E-state index in [1.165, 1.54) is 4.31 Å². The van der Waals surface area contributed by atoms with Gasteiger partial charge in [-0.1, -0.05) is 11.8 Å². The van der Waals surface area contributed by atoms with Crippen LogP contribution in [0.5, 0.6) is 0 Å². The molecule has 0 aliphatic carbocycles. The van der Waals surface area contributed by atoms with Crippen LogP contribution in [0.4, 0.5) is 0 Å². The Morgan fingerprint density at radius 3 is 2.86 bits per heavy atom. The number of aliphatic hydroxyl groups excluding tert-OH is 1. The molecule has 3 N–H and O–H groups in total. The van der Waals surface area contributed by atoms with Crippen molar-refractivity contribution in [1.29, 1.82) is 0 Å². The molecule has 0 saturated carbocycles. The van der Waals surface area contributed by atoms with Gasteiger partial charge in [0, 0.05) is 18.2 Å². The molecule has 0 aromatic heterocycles. The topological polar surface area (TPSA) is 83.6 Å². The molecule has 0 radical (unpaired) electrons. The zero-order chi connectivity index (χ0) is 15.5. The standard InChI is InChI=1S/C15H20N2O3S/c1-12-10-15(7-6-13(12)4-2-8-16)21(19,20)17-9-3-5-14(17)11-18/h6-7,10,14,18H,3,5,8-9,11,16H2,1H3. The second-order valence-corrected chi connectivity index (χ2v) is 6.97. The molecule has 1 aliphatic rings. The van der Waals surface area contributed by atoms with Gasteiger partial charge in [-0.05, 0) is 43.5 Å². The van der Waals surface area contributed by atoms with E-state index in [1.807, 2.05) is 6.92 Å². The largest absolute Gasteiger partial charge is 0.395 e. The van der Waals surface area contributed by atoms with E-state index in [1.54, 1.807) is 18.2 Å². The van der Waals surface area contributed by atoms with Gasteiger partial charge in [-0.15, -0.1) is 0 Å². The summed E-state index contributed by atoms with van der Waals surface area (Å²) in [6.07, 6.45) is 1.48. The maximum atomic E-state index is 12.6. The highest BCUT2D eigenvalue weighted by atomic mass is 32.2. The van der Waals surface area contributed by atoms with Crippen LogP contribution >= 0.6 is 0 Å². The summed E-state index contributed by atoms with van der Waals surface area (Å²) >= 11 is 0. The average molecular weight is 308 g/mol. The fourth-order valence-electron chi connectivity index (χ4n) is 2.53. The van der Waals surface area contributed by atoms with E-state index in [2.05, 4.69) is 11.8 Å². The summed E-state index contributed by atoms with van der Waals surface area (Å²) in [6, 6.07) is 4.58. The molecule has 1 heterocycles. The van der Waals surface area contributed by atoms with Crippen molar-refractivity contribution >= 4 is 10.0 Å². The van der Waals surface area contributed by atoms with Crippen molar-refractivity contribution in [3.63, 3.8) is 0 Å². The Morgan fingerprint density at radius 1 is 1.48 bits per heavy atom. The van der Waals surface area contributed by atoms with Gasteiger partial charge in [-0.3, -0.25) is 0 Å². The Hall–Kier alpha value is -1.39. The molecule has 2 rings (SSSR count). The van der Waals surface area contributed by atoms with E-state index in [9.17, 15) is 13.5 Å². The number of aliphatic hydroxyl groups is 1. The summed E-state index contributed by atoms with van der Waals surface area (Å²) in [4.78, 5) is 0.249. The van der Waals surface area contributed by atoms with Crippen molar-refractivity contribution in [2.24, 2.45) is 5.73 Å². The van der Waals surface area contributed by atoms with Crippen LogP contribution in [0, 0.1) is 18.8 Å². The SMILES string of the molecule is Cc1cc(S(=O)(=O)N2CCCC2CO)ccc1C#CCN. The molecule has 1 aliphatic heterocycles. The molecule has 0 bridgehead atoms. The van der Waals surface area contributed by atoms with E-state index >= 15 is 0 Å². The quantitative estimate of drug-likeness (QED) is 0.794. The smallest absolute Gasteiger partial charge is 0.243 e. The summed E-state index contributed by atoms with van der Waals surface area (Å²) in [5.41, 5.74) is 6.92. The molecule has 0 spiro atoms. The normalized spacial score (nSPS) is 19.3. The van der Waals surface area contributed by atoms with Crippen molar-refractivity contribution < 1.29 is 13.5 Å². The van der Waals surface area contributed by atoms with Crippen molar-refractivity contribution in [2.45, 2.75) is 30.7 Å². The van der Waals surface area contributed by atoms with Crippen LogP contribution in [0.2, 0.25) is 0 Å². The molecular weight excluding hydrogens is 288 g/mol. The van der Waals surface area contributed by atoms with Gasteiger partial charge in [0.15, 0.2) is 0 Å². The van der Waals surface area contributed by atoms with Crippen molar-refractivity contribution in [3.8, 4) is 11.8 Å². The average Bonchev–Trinajstić information content (AvgIpc) is 2.95. The van der Waals surface area contributed by atoms with Gasteiger partial charge in [0.05, 0.1) is 18.0 Å². The lowest BCUT2D eigenvalue weighted by molar-refractivity contribution is 0.213. The Morgan fingerprint density at radius 2 is 2.24 bits per heavy atom. The van der Waals surface area contributed by atoms with Crippen LogP contribution in [-0.2, 0) is 10.0 Å². The summed E-state index contributed by atoms with van der Waals surface area (Å²) in [5, 5.41) is 9.31. The number of benzene rings is 1. The predicted octanol–water partition coefficient (Wildman–Crippen LogP) is 0.451. The fourth-order valence-corrected chi connectivity index (χ4v) is 4.30. The van der Waals surface area contributed by atoms with Crippen molar-refractivity contribution in [3.05, 3.63) is 29.3 Å². The lowest BCUT2D eigenvalue weighted by atomic mass is 10.1. The highest BCUT2D eigenvalue weighted by Crippen LogP contribution is 2.26. The second-order valence-electron chi connectivity index (χ2n) is 5.08. The fraction of sp³-hybridized carbons (Fsp3) is 0.467. The summed E-state index contributed by atoms with van der Waals surface area (Å²) < 4.78 is 26.7. The number of rotatable bonds is 3. The molecule has 114 valence electrons. The second kappa shape index (κ2) is 6.58. The first-order chi connectivity index (χ1) is 10.0. The minimum absolute atomic E-state index is 0.141.